The third-order valence-corrected chi connectivity index (χ3v) is 16.5. The predicted octanol–water partition coefficient (Wildman–Crippen LogP) is 1.82. The second-order valence-corrected chi connectivity index (χ2v) is 24.9. The number of nitrogens with two attached hydrogens (primary N) is 1. The van der Waals surface area contributed by atoms with Crippen LogP contribution in [0, 0.1) is 35.5 Å². The van der Waals surface area contributed by atoms with Crippen LogP contribution < -0.4 is 32.3 Å². The lowest BCUT2D eigenvalue weighted by Gasteiger charge is -2.33. The Morgan fingerprint density at radius 2 is 1.17 bits per heavy atom. The highest BCUT2D eigenvalue weighted by atomic mass is 32.1. The topological polar surface area (TPSA) is 377 Å². The number of hydrogen-bond acceptors (Lipinski definition) is 17. The number of aliphatic imine (C=N–C) groups is 1. The third kappa shape index (κ3) is 22.0. The van der Waals surface area contributed by atoms with Gasteiger partial charge in [-0.15, -0.1) is 0 Å². The van der Waals surface area contributed by atoms with Crippen molar-refractivity contribution < 1.29 is 73.5 Å². The predicted molar refractivity (Wildman–Crippen MR) is 332 cm³/mol. The fraction of sp³-hybridized carbons (Fsp3) is 0.635. The fourth-order valence-electron chi connectivity index (χ4n) is 11.1. The minimum absolute atomic E-state index is 0.0206. The zero-order valence-corrected chi connectivity index (χ0v) is 53.2. The Labute approximate surface area is 521 Å². The Kier molecular flexibility index (Phi) is 29.5. The molecule has 7 amide bonds. The van der Waals surface area contributed by atoms with Crippen molar-refractivity contribution in [2.45, 2.75) is 187 Å². The van der Waals surface area contributed by atoms with Crippen LogP contribution in [0.15, 0.2) is 53.5 Å². The van der Waals surface area contributed by atoms with Gasteiger partial charge in [-0.1, -0.05) is 65.8 Å². The van der Waals surface area contributed by atoms with Crippen molar-refractivity contribution in [1.82, 2.24) is 36.4 Å². The molecule has 0 radical (unpaired) electrons. The molecule has 2 aliphatic heterocycles. The molecule has 0 aromatic heterocycles. The molecule has 2 aromatic rings. The van der Waals surface area contributed by atoms with Crippen LogP contribution >= 0.6 is 12.6 Å². The van der Waals surface area contributed by atoms with Gasteiger partial charge in [-0.3, -0.25) is 52.9 Å². The number of thiol groups is 1. The quantitative estimate of drug-likeness (QED) is 0.0203. The van der Waals surface area contributed by atoms with E-state index in [-0.39, 0.29) is 73.6 Å². The van der Waals surface area contributed by atoms with Crippen LogP contribution in [0.5, 0.6) is 11.5 Å². The largest absolute Gasteiger partial charge is 0.508 e. The van der Waals surface area contributed by atoms with Crippen molar-refractivity contribution in [2.75, 3.05) is 32.0 Å². The Bertz CT molecular complexity index is 2740. The number of carbonyl (C=O) groups is 10. The molecule has 24 nitrogen and oxygen atoms in total. The highest BCUT2D eigenvalue weighted by Crippen LogP contribution is 2.29. The summed E-state index contributed by atoms with van der Waals surface area (Å²) < 4.78 is 0. The highest BCUT2D eigenvalue weighted by molar-refractivity contribution is 7.80. The van der Waals surface area contributed by atoms with Gasteiger partial charge in [0, 0.05) is 56.5 Å². The molecule has 12 N–H and O–H groups in total. The number of nitrogens with one attached hydrogen (secondary N) is 5. The standard InChI is InChI=1S/C63H95N9O15S/c1-34(2)27-42(13-10-24-65-39(9)64)57(81)66-47(28-40-16-20-44(76)21-17-40)53(79)31-46(37(7)74)58(82)68-49(32-73)52(78)30-43(33-88)62(86)72-26-12-15-51(72)63(87)71-25-11-14-50(71)60(84)67-48(29-41-18-22-45(77)23-19-41)59(83)70-55(38(8)75)61(85)69-54(35(3)4)56(80)36(5)6/h16-23,34-38,42-43,46-51,54-55,73-77,88H,10-15,24-33H2,1-9H3,(H2,64,65)(H,66,81)(H,67,84)(H,68,82)(H,69,85)(H,70,83)/t37-,38-,42-,43+,46?,47+,48+,49+,50+,51+,54+,55?/m1/s1. The summed E-state index contributed by atoms with van der Waals surface area (Å²) in [5.74, 6) is -10.2. The number of ketones is 3. The molecule has 0 aliphatic carbocycles. The Morgan fingerprint density at radius 3 is 1.68 bits per heavy atom. The minimum Gasteiger partial charge on any atom is -0.508 e. The smallest absolute Gasteiger partial charge is 0.246 e. The summed E-state index contributed by atoms with van der Waals surface area (Å²) >= 11 is 4.39. The van der Waals surface area contributed by atoms with E-state index in [4.69, 9.17) is 5.73 Å². The molecule has 0 spiro atoms. The maximum atomic E-state index is 14.6. The summed E-state index contributed by atoms with van der Waals surface area (Å²) in [6.07, 6.45) is -1.58. The lowest BCUT2D eigenvalue weighted by molar-refractivity contribution is -0.148. The summed E-state index contributed by atoms with van der Waals surface area (Å²) in [5.41, 5.74) is 6.78. The first kappa shape index (κ1) is 73.5. The number of phenols is 2. The number of phenolic OH excluding ortho intramolecular Hbond substituents is 2. The average molecular weight is 1250 g/mol. The van der Waals surface area contributed by atoms with E-state index in [1.54, 1.807) is 46.8 Å². The minimum atomic E-state index is -1.61. The molecule has 4 rings (SSSR count). The Hall–Kier alpha value is -6.96. The summed E-state index contributed by atoms with van der Waals surface area (Å²) in [6, 6.07) is 3.01. The molecule has 0 saturated carbocycles. The number of likely N-dealkylation sites (tertiary alicyclic amines) is 2. The lowest BCUT2D eigenvalue weighted by Crippen LogP contribution is -2.61. The number of amides is 7. The number of hydrogen-bond donors (Lipinski definition) is 12. The van der Waals surface area contributed by atoms with E-state index in [0.29, 0.717) is 55.6 Å². The van der Waals surface area contributed by atoms with E-state index in [9.17, 15) is 73.5 Å². The van der Waals surface area contributed by atoms with Gasteiger partial charge in [0.1, 0.15) is 41.7 Å². The van der Waals surface area contributed by atoms with Crippen molar-refractivity contribution in [3.63, 3.8) is 0 Å². The maximum Gasteiger partial charge on any atom is 0.246 e. The molecule has 2 saturated heterocycles. The second-order valence-electron chi connectivity index (χ2n) is 24.6. The molecule has 12 atom stereocenters. The second kappa shape index (κ2) is 35.3. The molecular formula is C63H95N9O15S. The Morgan fingerprint density at radius 1 is 0.636 bits per heavy atom. The molecular weight excluding hydrogens is 1150 g/mol. The molecule has 0 bridgehead atoms. The summed E-state index contributed by atoms with van der Waals surface area (Å²) in [5, 5.41) is 65.4. The highest BCUT2D eigenvalue weighted by Gasteiger charge is 2.45. The van der Waals surface area contributed by atoms with Crippen molar-refractivity contribution in [1.29, 1.82) is 0 Å². The van der Waals surface area contributed by atoms with Crippen LogP contribution in [0.4, 0.5) is 0 Å². The number of carbonyl (C=O) groups excluding carboxylic acids is 10. The lowest BCUT2D eigenvalue weighted by atomic mass is 9.89. The summed E-state index contributed by atoms with van der Waals surface area (Å²) in [7, 11) is 0. The van der Waals surface area contributed by atoms with E-state index in [1.807, 2.05) is 13.8 Å². The van der Waals surface area contributed by atoms with Crippen LogP contribution in [-0.2, 0) is 60.8 Å². The van der Waals surface area contributed by atoms with E-state index < -0.39 is 151 Å². The van der Waals surface area contributed by atoms with Gasteiger partial charge >= 0.3 is 0 Å². The van der Waals surface area contributed by atoms with Crippen molar-refractivity contribution in [3.05, 3.63) is 59.7 Å². The van der Waals surface area contributed by atoms with Crippen molar-refractivity contribution >= 4 is 77.2 Å². The van der Waals surface area contributed by atoms with Crippen LogP contribution in [0.3, 0.4) is 0 Å². The van der Waals surface area contributed by atoms with E-state index in [1.165, 1.54) is 60.0 Å². The number of benzene rings is 2. The number of aromatic hydroxyl groups is 2. The fourth-order valence-corrected chi connectivity index (χ4v) is 11.4. The van der Waals surface area contributed by atoms with Crippen LogP contribution in [-0.4, -0.2) is 186 Å². The normalized spacial score (nSPS) is 18.7. The molecule has 2 fully saturated rings. The van der Waals surface area contributed by atoms with Gasteiger partial charge in [-0.25, -0.2) is 0 Å². The third-order valence-electron chi connectivity index (χ3n) is 16.1. The van der Waals surface area contributed by atoms with Crippen LogP contribution in [0.1, 0.15) is 131 Å². The van der Waals surface area contributed by atoms with Gasteiger partial charge in [-0.2, -0.15) is 12.6 Å². The number of rotatable bonds is 35. The number of aliphatic hydroxyl groups is 3. The van der Waals surface area contributed by atoms with Gasteiger partial charge < -0.3 is 67.7 Å². The van der Waals surface area contributed by atoms with Gasteiger partial charge in [0.2, 0.25) is 41.4 Å². The molecule has 2 heterocycles. The molecule has 2 aromatic carbocycles. The summed E-state index contributed by atoms with van der Waals surface area (Å²) in [6.45, 7) is 14.7. The first-order chi connectivity index (χ1) is 41.5. The van der Waals surface area contributed by atoms with Crippen molar-refractivity contribution in [2.24, 2.45) is 46.2 Å². The number of aliphatic hydroxyl groups excluding tert-OH is 3. The number of amidine groups is 1. The van der Waals surface area contributed by atoms with E-state index in [2.05, 4.69) is 44.2 Å². The number of Topliss-reactive ketones (excluding diaryl/α,β-unsaturated/α-hetero) is 3. The zero-order chi connectivity index (χ0) is 65.7. The van der Waals surface area contributed by atoms with Gasteiger partial charge in [0.05, 0.1) is 48.6 Å². The van der Waals surface area contributed by atoms with Crippen LogP contribution in [0.25, 0.3) is 0 Å². The maximum absolute atomic E-state index is 14.6. The van der Waals surface area contributed by atoms with Crippen LogP contribution in [0.2, 0.25) is 0 Å². The first-order valence-corrected chi connectivity index (χ1v) is 31.2. The number of nitrogens with zero attached hydrogens (tertiary/aromatic N) is 3. The van der Waals surface area contributed by atoms with Gasteiger partial charge in [0.15, 0.2) is 17.3 Å². The first-order valence-electron chi connectivity index (χ1n) is 30.6. The summed E-state index contributed by atoms with van der Waals surface area (Å²) in [4.78, 5) is 147. The molecule has 2 unspecified atom stereocenters. The molecule has 2 aliphatic rings. The average Bonchev–Trinajstić information content (AvgIpc) is 3.88. The zero-order valence-electron chi connectivity index (χ0n) is 52.3. The molecule has 88 heavy (non-hydrogen) atoms. The van der Waals surface area contributed by atoms with Crippen molar-refractivity contribution in [3.8, 4) is 11.5 Å². The monoisotopic (exact) mass is 1250 g/mol. The Balaban J connectivity index is 1.48. The van der Waals surface area contributed by atoms with Gasteiger partial charge in [0.25, 0.3) is 0 Å². The van der Waals surface area contributed by atoms with E-state index >= 15 is 0 Å². The van der Waals surface area contributed by atoms with Gasteiger partial charge in [-0.05, 0) is 119 Å². The SMILES string of the molecule is CC(N)=NCCC[C@H](CC(C)C)C(=O)N[C@@H](Cc1ccc(O)cc1)C(=O)CC(C(=O)N[C@@H](CO)C(=O)C[C@@H](CS)C(=O)N1CCC[C@H]1C(=O)N1CCC[C@H]1C(=O)N[C@@H](Cc1ccc(O)cc1)C(=O)NC(C(=O)N[C@H](C(=O)C(C)C)C(C)C)[C@@H](C)O)[C@@H](C)O. The molecule has 25 heteroatoms. The van der Waals surface area contributed by atoms with E-state index in [0.717, 1.165) is 0 Å². The molecule has 488 valence electrons.